The van der Waals surface area contributed by atoms with Gasteiger partial charge in [-0.15, -0.1) is 0 Å². The van der Waals surface area contributed by atoms with Gasteiger partial charge >= 0.3 is 0 Å². The van der Waals surface area contributed by atoms with Crippen molar-refractivity contribution in [3.8, 4) is 11.3 Å². The molecule has 0 unspecified atom stereocenters. The van der Waals surface area contributed by atoms with Gasteiger partial charge in [0.2, 0.25) is 0 Å². The normalized spacial score (nSPS) is 12.4. The highest BCUT2D eigenvalue weighted by Gasteiger charge is 2.11. The van der Waals surface area contributed by atoms with Crippen LogP contribution in [-0.4, -0.2) is 9.38 Å². The van der Waals surface area contributed by atoms with Crippen molar-refractivity contribution in [3.63, 3.8) is 0 Å². The van der Waals surface area contributed by atoms with Crippen LogP contribution in [0.5, 0.6) is 0 Å². The predicted molar refractivity (Wildman–Crippen MR) is 105 cm³/mol. The number of halogens is 1. The van der Waals surface area contributed by atoms with Crippen molar-refractivity contribution < 1.29 is 4.42 Å². The van der Waals surface area contributed by atoms with Gasteiger partial charge in [0, 0.05) is 16.7 Å². The number of imidazole rings is 1. The zero-order valence-electron chi connectivity index (χ0n) is 13.3. The quantitative estimate of drug-likeness (QED) is 0.458. The lowest BCUT2D eigenvalue weighted by molar-refractivity contribution is 0.571. The minimum Gasteiger partial charge on any atom is -0.457 e. The van der Waals surface area contributed by atoms with Crippen molar-refractivity contribution >= 4 is 45.0 Å². The van der Waals surface area contributed by atoms with Gasteiger partial charge in [-0.25, -0.2) is 9.38 Å². The Morgan fingerprint density at radius 2 is 1.85 bits per heavy atom. The largest absolute Gasteiger partial charge is 0.457 e. The monoisotopic (exact) mass is 378 g/mol. The van der Waals surface area contributed by atoms with Crippen molar-refractivity contribution in [2.75, 3.05) is 0 Å². The zero-order chi connectivity index (χ0) is 17.7. The van der Waals surface area contributed by atoms with Gasteiger partial charge in [-0.2, -0.15) is 0 Å². The van der Waals surface area contributed by atoms with Gasteiger partial charge in [0.05, 0.1) is 11.0 Å². The minimum absolute atomic E-state index is 0.0804. The summed E-state index contributed by atoms with van der Waals surface area (Å²) in [7, 11) is 0. The summed E-state index contributed by atoms with van der Waals surface area (Å²) < 4.78 is 8.11. The Kier molecular flexibility index (Phi) is 3.45. The fourth-order valence-electron chi connectivity index (χ4n) is 2.94. The molecule has 0 aliphatic rings. The van der Waals surface area contributed by atoms with Gasteiger partial charge in [0.1, 0.15) is 16.1 Å². The summed E-state index contributed by atoms with van der Waals surface area (Å²) in [6.45, 7) is 0. The van der Waals surface area contributed by atoms with E-state index in [2.05, 4.69) is 4.98 Å². The molecule has 0 fully saturated rings. The Bertz CT molecular complexity index is 1360. The van der Waals surface area contributed by atoms with Crippen LogP contribution in [0.2, 0.25) is 5.02 Å². The topological polar surface area (TPSA) is 47.5 Å². The summed E-state index contributed by atoms with van der Waals surface area (Å²) in [5, 5.41) is 0.678. The number of furan rings is 1. The second kappa shape index (κ2) is 5.83. The highest BCUT2D eigenvalue weighted by atomic mass is 35.5. The highest BCUT2D eigenvalue weighted by molar-refractivity contribution is 7.15. The Morgan fingerprint density at radius 1 is 1.04 bits per heavy atom. The first-order valence-corrected chi connectivity index (χ1v) is 9.16. The van der Waals surface area contributed by atoms with Crippen molar-refractivity contribution in [1.82, 2.24) is 9.38 Å². The summed E-state index contributed by atoms with van der Waals surface area (Å²) in [5.74, 6) is 1.35. The van der Waals surface area contributed by atoms with Crippen LogP contribution in [0.25, 0.3) is 33.4 Å². The van der Waals surface area contributed by atoms with Crippen LogP contribution in [0.1, 0.15) is 5.76 Å². The molecule has 0 bridgehead atoms. The van der Waals surface area contributed by atoms with E-state index in [1.807, 2.05) is 60.7 Å². The van der Waals surface area contributed by atoms with E-state index in [9.17, 15) is 4.79 Å². The fourth-order valence-corrected chi connectivity index (χ4v) is 4.03. The second-order valence-corrected chi connectivity index (χ2v) is 7.29. The van der Waals surface area contributed by atoms with E-state index in [1.165, 1.54) is 11.3 Å². The molecule has 4 nitrogen and oxygen atoms in total. The molecule has 0 spiro atoms. The molecule has 0 aliphatic carbocycles. The van der Waals surface area contributed by atoms with Gasteiger partial charge in [-0.05, 0) is 48.5 Å². The van der Waals surface area contributed by atoms with Gasteiger partial charge in [-0.3, -0.25) is 4.79 Å². The minimum atomic E-state index is -0.0804. The van der Waals surface area contributed by atoms with E-state index in [0.717, 1.165) is 22.4 Å². The third kappa shape index (κ3) is 2.44. The Hall–Kier alpha value is -2.89. The zero-order valence-corrected chi connectivity index (χ0v) is 14.9. The molecule has 3 heterocycles. The Labute approximate surface area is 156 Å². The van der Waals surface area contributed by atoms with E-state index in [1.54, 1.807) is 10.5 Å². The van der Waals surface area contributed by atoms with Crippen LogP contribution >= 0.6 is 22.9 Å². The summed E-state index contributed by atoms with van der Waals surface area (Å²) in [6, 6.07) is 18.8. The summed E-state index contributed by atoms with van der Waals surface area (Å²) in [5.41, 5.74) is 2.50. The molecule has 3 aromatic heterocycles. The van der Waals surface area contributed by atoms with Crippen molar-refractivity contribution in [2.24, 2.45) is 0 Å². The molecule has 0 saturated carbocycles. The SMILES string of the molecule is O=c1/c(=C\c2ccc(-c3ccc(Cl)cc3)o2)sc2nc3ccccc3n12. The third-order valence-corrected chi connectivity index (χ3v) is 5.39. The molecule has 0 amide bonds. The molecule has 0 N–H and O–H groups in total. The average Bonchev–Trinajstić information content (AvgIpc) is 3.32. The second-order valence-electron chi connectivity index (χ2n) is 5.84. The first-order valence-electron chi connectivity index (χ1n) is 7.96. The summed E-state index contributed by atoms with van der Waals surface area (Å²) in [4.78, 5) is 18.0. The van der Waals surface area contributed by atoms with Crippen molar-refractivity contribution in [1.29, 1.82) is 0 Å². The van der Waals surface area contributed by atoms with Crippen LogP contribution in [-0.2, 0) is 0 Å². The van der Waals surface area contributed by atoms with E-state index in [4.69, 9.17) is 16.0 Å². The molecule has 6 heteroatoms. The third-order valence-electron chi connectivity index (χ3n) is 4.17. The van der Waals surface area contributed by atoms with Crippen molar-refractivity contribution in [2.45, 2.75) is 0 Å². The smallest absolute Gasteiger partial charge is 0.275 e. The molecule has 0 aliphatic heterocycles. The maximum absolute atomic E-state index is 12.8. The molecule has 5 aromatic rings. The number of rotatable bonds is 2. The lowest BCUT2D eigenvalue weighted by Gasteiger charge is -1.96. The lowest BCUT2D eigenvalue weighted by atomic mass is 10.2. The van der Waals surface area contributed by atoms with Gasteiger partial charge in [0.25, 0.3) is 5.56 Å². The van der Waals surface area contributed by atoms with Crippen LogP contribution in [0, 0.1) is 0 Å². The van der Waals surface area contributed by atoms with E-state index in [-0.39, 0.29) is 5.56 Å². The molecular weight excluding hydrogens is 368 g/mol. The number of para-hydroxylation sites is 2. The standard InChI is InChI=1S/C20H11ClN2O2S/c21-13-7-5-12(6-8-13)17-10-9-14(25-17)11-18-19(24)23-16-4-2-1-3-15(16)22-20(23)26-18/h1-11H/b18-11+. The first kappa shape index (κ1) is 15.4. The summed E-state index contributed by atoms with van der Waals surface area (Å²) in [6.07, 6.45) is 1.76. The van der Waals surface area contributed by atoms with Crippen LogP contribution in [0.3, 0.4) is 0 Å². The maximum atomic E-state index is 12.8. The molecule has 126 valence electrons. The van der Waals surface area contributed by atoms with Gasteiger partial charge < -0.3 is 4.42 Å². The first-order chi connectivity index (χ1) is 12.7. The van der Waals surface area contributed by atoms with E-state index in [0.29, 0.717) is 20.3 Å². The number of fused-ring (bicyclic) bond motifs is 3. The molecular formula is C20H11ClN2O2S. The van der Waals surface area contributed by atoms with E-state index < -0.39 is 0 Å². The Balaban J connectivity index is 1.62. The van der Waals surface area contributed by atoms with Crippen molar-refractivity contribution in [3.05, 3.63) is 86.3 Å². The molecule has 0 atom stereocenters. The number of aromatic nitrogens is 2. The highest BCUT2D eigenvalue weighted by Crippen LogP contribution is 2.24. The maximum Gasteiger partial charge on any atom is 0.275 e. The van der Waals surface area contributed by atoms with Crippen LogP contribution in [0.4, 0.5) is 0 Å². The van der Waals surface area contributed by atoms with Crippen LogP contribution in [0.15, 0.2) is 69.9 Å². The summed E-state index contributed by atoms with van der Waals surface area (Å²) >= 11 is 7.28. The Morgan fingerprint density at radius 3 is 2.69 bits per heavy atom. The number of hydrogen-bond donors (Lipinski definition) is 0. The molecule has 0 saturated heterocycles. The number of thiazole rings is 1. The molecule has 26 heavy (non-hydrogen) atoms. The molecule has 0 radical (unpaired) electrons. The number of benzene rings is 2. The van der Waals surface area contributed by atoms with E-state index >= 15 is 0 Å². The molecule has 5 rings (SSSR count). The van der Waals surface area contributed by atoms with Crippen LogP contribution < -0.4 is 10.1 Å². The van der Waals surface area contributed by atoms with Gasteiger partial charge in [0.15, 0.2) is 4.96 Å². The average molecular weight is 379 g/mol. The lowest BCUT2D eigenvalue weighted by Crippen LogP contribution is -2.22. The van der Waals surface area contributed by atoms with Gasteiger partial charge in [-0.1, -0.05) is 35.1 Å². The predicted octanol–water partition coefficient (Wildman–Crippen LogP) is 4.37. The molecule has 2 aromatic carbocycles. The fraction of sp³-hybridized carbons (Fsp3) is 0. The number of hydrogen-bond acceptors (Lipinski definition) is 4. The number of nitrogens with zero attached hydrogens (tertiary/aromatic N) is 2.